The van der Waals surface area contributed by atoms with E-state index in [0.29, 0.717) is 0 Å². The number of hydrogen-bond acceptors (Lipinski definition) is 2. The summed E-state index contributed by atoms with van der Waals surface area (Å²) in [6.07, 6.45) is 0. The zero-order valence-electron chi connectivity index (χ0n) is 13.1. The standard InChI is InChI=1S/C18H19N3O/c1-12-7-6-9-16(13(12)2)19-18(22)11-21-17-10-5-4-8-15(17)14(3)20-21/h4-10H,11H2,1-3H3,(H,19,22). The first kappa shape index (κ1) is 14.3. The van der Waals surface area contributed by atoms with E-state index in [1.807, 2.05) is 63.2 Å². The molecular weight excluding hydrogens is 274 g/mol. The summed E-state index contributed by atoms with van der Waals surface area (Å²) in [4.78, 5) is 12.3. The first-order valence-electron chi connectivity index (χ1n) is 7.34. The molecule has 0 unspecified atom stereocenters. The fourth-order valence-electron chi connectivity index (χ4n) is 2.63. The zero-order chi connectivity index (χ0) is 15.7. The van der Waals surface area contributed by atoms with Gasteiger partial charge in [0, 0.05) is 11.1 Å². The molecule has 0 bridgehead atoms. The molecule has 0 aliphatic heterocycles. The third-order valence-electron chi connectivity index (χ3n) is 4.01. The SMILES string of the molecule is Cc1cccc(NC(=O)Cn2nc(C)c3ccccc32)c1C. The lowest BCUT2D eigenvalue weighted by atomic mass is 10.1. The van der Waals surface area contributed by atoms with Crippen LogP contribution in [0, 0.1) is 20.8 Å². The van der Waals surface area contributed by atoms with Gasteiger partial charge in [0.2, 0.25) is 5.91 Å². The summed E-state index contributed by atoms with van der Waals surface area (Å²) in [5.41, 5.74) is 5.04. The number of aromatic nitrogens is 2. The molecule has 1 aromatic heterocycles. The summed E-state index contributed by atoms with van der Waals surface area (Å²) in [6.45, 7) is 6.22. The maximum absolute atomic E-state index is 12.3. The van der Waals surface area contributed by atoms with Crippen molar-refractivity contribution in [1.29, 1.82) is 0 Å². The molecule has 0 saturated carbocycles. The summed E-state index contributed by atoms with van der Waals surface area (Å²) in [7, 11) is 0. The lowest BCUT2D eigenvalue weighted by molar-refractivity contribution is -0.116. The summed E-state index contributed by atoms with van der Waals surface area (Å²) >= 11 is 0. The number of rotatable bonds is 3. The van der Waals surface area contributed by atoms with E-state index in [-0.39, 0.29) is 12.5 Å². The molecule has 3 rings (SSSR count). The first-order chi connectivity index (χ1) is 10.6. The van der Waals surface area contributed by atoms with Crippen LogP contribution in [0.25, 0.3) is 10.9 Å². The number of nitrogens with zero attached hydrogens (tertiary/aromatic N) is 2. The van der Waals surface area contributed by atoms with E-state index in [1.54, 1.807) is 4.68 Å². The number of carbonyl (C=O) groups is 1. The molecule has 0 radical (unpaired) electrons. The smallest absolute Gasteiger partial charge is 0.246 e. The summed E-state index contributed by atoms with van der Waals surface area (Å²) in [5.74, 6) is -0.0676. The van der Waals surface area contributed by atoms with Gasteiger partial charge in [0.25, 0.3) is 0 Å². The molecule has 0 fully saturated rings. The molecule has 1 heterocycles. The van der Waals surface area contributed by atoms with Gasteiger partial charge in [-0.05, 0) is 44.0 Å². The molecule has 0 saturated heterocycles. The number of hydrogen-bond donors (Lipinski definition) is 1. The Bertz CT molecular complexity index is 849. The van der Waals surface area contributed by atoms with Gasteiger partial charge in [-0.25, -0.2) is 0 Å². The van der Waals surface area contributed by atoms with Crippen molar-refractivity contribution >= 4 is 22.5 Å². The first-order valence-corrected chi connectivity index (χ1v) is 7.34. The average Bonchev–Trinajstić information content (AvgIpc) is 2.81. The van der Waals surface area contributed by atoms with Crippen LogP contribution in [-0.2, 0) is 11.3 Å². The normalized spacial score (nSPS) is 10.9. The number of benzene rings is 2. The second-order valence-electron chi connectivity index (χ2n) is 5.56. The molecule has 0 spiro atoms. The molecule has 1 amide bonds. The summed E-state index contributed by atoms with van der Waals surface area (Å²) < 4.78 is 1.76. The van der Waals surface area contributed by atoms with Gasteiger partial charge < -0.3 is 5.32 Å². The number of aryl methyl sites for hydroxylation is 2. The van der Waals surface area contributed by atoms with E-state index in [4.69, 9.17) is 0 Å². The molecule has 22 heavy (non-hydrogen) atoms. The van der Waals surface area contributed by atoms with E-state index < -0.39 is 0 Å². The van der Waals surface area contributed by atoms with Gasteiger partial charge in [-0.15, -0.1) is 0 Å². The number of amides is 1. The van der Waals surface area contributed by atoms with Gasteiger partial charge in [-0.2, -0.15) is 5.10 Å². The van der Waals surface area contributed by atoms with Crippen LogP contribution in [0.1, 0.15) is 16.8 Å². The van der Waals surface area contributed by atoms with Crippen molar-refractivity contribution in [3.8, 4) is 0 Å². The van der Waals surface area contributed by atoms with Gasteiger partial charge in [0.1, 0.15) is 6.54 Å². The van der Waals surface area contributed by atoms with Crippen LogP contribution in [0.3, 0.4) is 0 Å². The lowest BCUT2D eigenvalue weighted by Crippen LogP contribution is -2.20. The van der Waals surface area contributed by atoms with Crippen LogP contribution in [0.15, 0.2) is 42.5 Å². The van der Waals surface area contributed by atoms with Crippen LogP contribution < -0.4 is 5.32 Å². The zero-order valence-corrected chi connectivity index (χ0v) is 13.1. The van der Waals surface area contributed by atoms with Crippen molar-refractivity contribution < 1.29 is 4.79 Å². The fourth-order valence-corrected chi connectivity index (χ4v) is 2.63. The molecule has 112 valence electrons. The minimum atomic E-state index is -0.0676. The Morgan fingerprint density at radius 3 is 2.68 bits per heavy atom. The van der Waals surface area contributed by atoms with Gasteiger partial charge in [-0.1, -0.05) is 30.3 Å². The third-order valence-corrected chi connectivity index (χ3v) is 4.01. The minimum absolute atomic E-state index is 0.0676. The second kappa shape index (κ2) is 5.64. The van der Waals surface area contributed by atoms with Crippen molar-refractivity contribution in [1.82, 2.24) is 9.78 Å². The lowest BCUT2D eigenvalue weighted by Gasteiger charge is -2.10. The van der Waals surface area contributed by atoms with Crippen molar-refractivity contribution in [3.63, 3.8) is 0 Å². The number of fused-ring (bicyclic) bond motifs is 1. The quantitative estimate of drug-likeness (QED) is 0.802. The Hall–Kier alpha value is -2.62. The summed E-state index contributed by atoms with van der Waals surface area (Å²) in [5, 5.41) is 8.53. The monoisotopic (exact) mass is 293 g/mol. The van der Waals surface area contributed by atoms with Crippen LogP contribution >= 0.6 is 0 Å². The van der Waals surface area contributed by atoms with Crippen LogP contribution in [0.4, 0.5) is 5.69 Å². The third kappa shape index (κ3) is 2.60. The molecule has 0 aliphatic carbocycles. The van der Waals surface area contributed by atoms with E-state index in [1.165, 1.54) is 0 Å². The maximum Gasteiger partial charge on any atom is 0.246 e. The fraction of sp³-hybridized carbons (Fsp3) is 0.222. The van der Waals surface area contributed by atoms with Crippen molar-refractivity contribution in [3.05, 3.63) is 59.3 Å². The van der Waals surface area contributed by atoms with Gasteiger partial charge in [0.05, 0.1) is 11.2 Å². The van der Waals surface area contributed by atoms with E-state index >= 15 is 0 Å². The molecule has 3 aromatic rings. The Labute approximate surface area is 129 Å². The van der Waals surface area contributed by atoms with Crippen molar-refractivity contribution in [2.75, 3.05) is 5.32 Å². The Kier molecular flexibility index (Phi) is 3.67. The van der Waals surface area contributed by atoms with Gasteiger partial charge in [0.15, 0.2) is 0 Å². The number of carbonyl (C=O) groups excluding carboxylic acids is 1. The van der Waals surface area contributed by atoms with Crippen LogP contribution in [0.5, 0.6) is 0 Å². The highest BCUT2D eigenvalue weighted by molar-refractivity contribution is 5.92. The van der Waals surface area contributed by atoms with E-state index in [9.17, 15) is 4.79 Å². The molecular formula is C18H19N3O. The molecule has 4 heteroatoms. The van der Waals surface area contributed by atoms with Crippen LogP contribution in [0.2, 0.25) is 0 Å². The molecule has 1 N–H and O–H groups in total. The van der Waals surface area contributed by atoms with E-state index in [0.717, 1.165) is 33.4 Å². The molecule has 4 nitrogen and oxygen atoms in total. The predicted octanol–water partition coefficient (Wildman–Crippen LogP) is 3.60. The second-order valence-corrected chi connectivity index (χ2v) is 5.56. The van der Waals surface area contributed by atoms with Crippen LogP contribution in [-0.4, -0.2) is 15.7 Å². The highest BCUT2D eigenvalue weighted by atomic mass is 16.2. The predicted molar refractivity (Wildman–Crippen MR) is 89.0 cm³/mol. The number of anilines is 1. The molecule has 0 atom stereocenters. The largest absolute Gasteiger partial charge is 0.324 e. The number of para-hydroxylation sites is 1. The van der Waals surface area contributed by atoms with E-state index in [2.05, 4.69) is 10.4 Å². The minimum Gasteiger partial charge on any atom is -0.324 e. The topological polar surface area (TPSA) is 46.9 Å². The average molecular weight is 293 g/mol. The number of nitrogens with one attached hydrogen (secondary N) is 1. The molecule has 0 aliphatic rings. The molecule has 2 aromatic carbocycles. The maximum atomic E-state index is 12.3. The van der Waals surface area contributed by atoms with Gasteiger partial charge in [-0.3, -0.25) is 9.48 Å². The highest BCUT2D eigenvalue weighted by Gasteiger charge is 2.11. The Morgan fingerprint density at radius 2 is 1.86 bits per heavy atom. The van der Waals surface area contributed by atoms with Crippen molar-refractivity contribution in [2.24, 2.45) is 0 Å². The summed E-state index contributed by atoms with van der Waals surface area (Å²) in [6, 6.07) is 13.9. The Balaban J connectivity index is 1.83. The van der Waals surface area contributed by atoms with Crippen molar-refractivity contribution in [2.45, 2.75) is 27.3 Å². The van der Waals surface area contributed by atoms with Gasteiger partial charge >= 0.3 is 0 Å². The Morgan fingerprint density at radius 1 is 1.09 bits per heavy atom. The highest BCUT2D eigenvalue weighted by Crippen LogP contribution is 2.19.